The molecule has 0 N–H and O–H groups in total. The van der Waals surface area contributed by atoms with E-state index in [1.807, 2.05) is 6.19 Å². The highest BCUT2D eigenvalue weighted by molar-refractivity contribution is 6.30. The van der Waals surface area contributed by atoms with Crippen molar-refractivity contribution in [2.75, 3.05) is 11.4 Å². The first-order valence-corrected chi connectivity index (χ1v) is 5.80. The first kappa shape index (κ1) is 15.4. The SMILES string of the molecule is CC(C)=C(Cl)CN(C#N)c1cccc(C(F)(F)F)c1. The lowest BCUT2D eigenvalue weighted by molar-refractivity contribution is -0.137. The van der Waals surface area contributed by atoms with E-state index in [4.69, 9.17) is 16.9 Å². The molecule has 0 aliphatic carbocycles. The zero-order chi connectivity index (χ0) is 14.6. The van der Waals surface area contributed by atoms with Crippen molar-refractivity contribution in [3.63, 3.8) is 0 Å². The predicted molar refractivity (Wildman–Crippen MR) is 68.6 cm³/mol. The van der Waals surface area contributed by atoms with E-state index in [2.05, 4.69) is 0 Å². The molecule has 0 aromatic heterocycles. The molecule has 0 unspecified atom stereocenters. The summed E-state index contributed by atoms with van der Waals surface area (Å²) in [5.41, 5.74) is 0.184. The Hall–Kier alpha value is -1.67. The van der Waals surface area contributed by atoms with Crippen LogP contribution in [0, 0.1) is 11.5 Å². The minimum atomic E-state index is -4.43. The first-order chi connectivity index (χ1) is 8.75. The molecule has 0 bridgehead atoms. The Kier molecular flexibility index (Phi) is 4.84. The van der Waals surface area contributed by atoms with E-state index in [0.29, 0.717) is 5.03 Å². The average molecular weight is 289 g/mol. The minimum absolute atomic E-state index is 0.0572. The van der Waals surface area contributed by atoms with E-state index in [9.17, 15) is 13.2 Å². The fourth-order valence-electron chi connectivity index (χ4n) is 1.33. The van der Waals surface area contributed by atoms with E-state index in [0.717, 1.165) is 22.6 Å². The van der Waals surface area contributed by atoms with Gasteiger partial charge in [-0.05, 0) is 32.0 Å². The van der Waals surface area contributed by atoms with Crippen LogP contribution in [-0.4, -0.2) is 6.54 Å². The van der Waals surface area contributed by atoms with Gasteiger partial charge in [-0.2, -0.15) is 18.4 Å². The number of hydrogen-bond acceptors (Lipinski definition) is 2. The number of benzene rings is 1. The van der Waals surface area contributed by atoms with Crippen LogP contribution in [0.15, 0.2) is 34.9 Å². The second-order valence-electron chi connectivity index (χ2n) is 4.14. The highest BCUT2D eigenvalue weighted by atomic mass is 35.5. The fourth-order valence-corrected chi connectivity index (χ4v) is 1.45. The summed E-state index contributed by atoms with van der Waals surface area (Å²) in [7, 11) is 0. The second-order valence-corrected chi connectivity index (χ2v) is 4.60. The van der Waals surface area contributed by atoms with Gasteiger partial charge in [-0.25, -0.2) is 0 Å². The molecule has 0 spiro atoms. The van der Waals surface area contributed by atoms with Crippen molar-refractivity contribution in [1.29, 1.82) is 5.26 Å². The molecule has 0 heterocycles. The maximum absolute atomic E-state index is 12.6. The molecule has 0 atom stereocenters. The van der Waals surface area contributed by atoms with Crippen molar-refractivity contribution in [1.82, 2.24) is 0 Å². The number of rotatable bonds is 3. The molecular formula is C13H12ClF3N2. The Bertz CT molecular complexity index is 525. The Labute approximate surface area is 114 Å². The number of anilines is 1. The highest BCUT2D eigenvalue weighted by Gasteiger charge is 2.30. The molecule has 0 amide bonds. The lowest BCUT2D eigenvalue weighted by Gasteiger charge is -2.17. The minimum Gasteiger partial charge on any atom is -0.274 e. The largest absolute Gasteiger partial charge is 0.416 e. The Morgan fingerprint density at radius 3 is 2.47 bits per heavy atom. The van der Waals surface area contributed by atoms with E-state index >= 15 is 0 Å². The van der Waals surface area contributed by atoms with Crippen molar-refractivity contribution in [2.45, 2.75) is 20.0 Å². The third kappa shape index (κ3) is 4.18. The van der Waals surface area contributed by atoms with Gasteiger partial charge < -0.3 is 0 Å². The molecule has 0 fully saturated rings. The van der Waals surface area contributed by atoms with Gasteiger partial charge in [-0.15, -0.1) is 0 Å². The van der Waals surface area contributed by atoms with E-state index < -0.39 is 11.7 Å². The summed E-state index contributed by atoms with van der Waals surface area (Å²) in [6.45, 7) is 3.59. The van der Waals surface area contributed by atoms with Crippen molar-refractivity contribution in [3.8, 4) is 6.19 Å². The molecular weight excluding hydrogens is 277 g/mol. The monoisotopic (exact) mass is 288 g/mol. The quantitative estimate of drug-likeness (QED) is 0.604. The number of hydrogen-bond donors (Lipinski definition) is 0. The number of alkyl halides is 3. The zero-order valence-corrected chi connectivity index (χ0v) is 11.2. The average Bonchev–Trinajstić information content (AvgIpc) is 2.34. The van der Waals surface area contributed by atoms with Gasteiger partial charge in [-0.3, -0.25) is 4.90 Å². The van der Waals surface area contributed by atoms with Crippen LogP contribution in [0.1, 0.15) is 19.4 Å². The summed E-state index contributed by atoms with van der Waals surface area (Å²) in [5.74, 6) is 0. The van der Waals surface area contributed by atoms with Crippen LogP contribution in [0.3, 0.4) is 0 Å². The third-order valence-corrected chi connectivity index (χ3v) is 2.94. The summed E-state index contributed by atoms with van der Waals surface area (Å²) >= 11 is 5.93. The van der Waals surface area contributed by atoms with Crippen molar-refractivity contribution in [2.24, 2.45) is 0 Å². The molecule has 0 saturated heterocycles. The number of nitrogens with zero attached hydrogens (tertiary/aromatic N) is 2. The molecule has 1 aromatic rings. The lowest BCUT2D eigenvalue weighted by Crippen LogP contribution is -2.19. The summed E-state index contributed by atoms with van der Waals surface area (Å²) in [6, 6.07) is 4.59. The highest BCUT2D eigenvalue weighted by Crippen LogP contribution is 2.31. The van der Waals surface area contributed by atoms with Gasteiger partial charge in [0.15, 0.2) is 6.19 Å². The van der Waals surface area contributed by atoms with Crippen LogP contribution >= 0.6 is 11.6 Å². The Morgan fingerprint density at radius 2 is 2.00 bits per heavy atom. The maximum atomic E-state index is 12.6. The lowest BCUT2D eigenvalue weighted by atomic mass is 10.2. The summed E-state index contributed by atoms with van der Waals surface area (Å²) in [5, 5.41) is 9.45. The van der Waals surface area contributed by atoms with Gasteiger partial charge in [0.05, 0.1) is 17.8 Å². The second kappa shape index (κ2) is 5.98. The molecule has 1 rings (SSSR count). The molecule has 6 heteroatoms. The van der Waals surface area contributed by atoms with Crippen LogP contribution in [0.4, 0.5) is 18.9 Å². The normalized spacial score (nSPS) is 10.8. The van der Waals surface area contributed by atoms with E-state index in [1.165, 1.54) is 12.1 Å². The van der Waals surface area contributed by atoms with E-state index in [-0.39, 0.29) is 12.2 Å². The molecule has 19 heavy (non-hydrogen) atoms. The molecule has 0 saturated carbocycles. The Balaban J connectivity index is 3.08. The third-order valence-electron chi connectivity index (χ3n) is 2.45. The standard InChI is InChI=1S/C13H12ClF3N2/c1-9(2)12(14)7-19(8-18)11-5-3-4-10(6-11)13(15,16)17/h3-6H,7H2,1-2H3. The van der Waals surface area contributed by atoms with Crippen LogP contribution in [0.5, 0.6) is 0 Å². The van der Waals surface area contributed by atoms with Gasteiger partial charge in [-0.1, -0.05) is 23.2 Å². The van der Waals surface area contributed by atoms with Crippen molar-refractivity contribution in [3.05, 3.63) is 40.4 Å². The maximum Gasteiger partial charge on any atom is 0.416 e. The Morgan fingerprint density at radius 1 is 1.37 bits per heavy atom. The molecule has 1 aromatic carbocycles. The first-order valence-electron chi connectivity index (χ1n) is 5.42. The van der Waals surface area contributed by atoms with Crippen LogP contribution in [0.25, 0.3) is 0 Å². The molecule has 102 valence electrons. The van der Waals surface area contributed by atoms with Gasteiger partial charge >= 0.3 is 6.18 Å². The molecule has 0 aliphatic heterocycles. The fraction of sp³-hybridized carbons (Fsp3) is 0.308. The van der Waals surface area contributed by atoms with Gasteiger partial charge in [0, 0.05) is 5.03 Å². The molecule has 0 radical (unpaired) electrons. The number of allylic oxidation sites excluding steroid dienone is 1. The van der Waals surface area contributed by atoms with Gasteiger partial charge in [0.1, 0.15) is 0 Å². The molecule has 0 aliphatic rings. The van der Waals surface area contributed by atoms with E-state index in [1.54, 1.807) is 13.8 Å². The summed E-state index contributed by atoms with van der Waals surface area (Å²) < 4.78 is 37.8. The van der Waals surface area contributed by atoms with Gasteiger partial charge in [0.25, 0.3) is 0 Å². The summed E-state index contributed by atoms with van der Waals surface area (Å²) in [6.07, 6.45) is -2.60. The number of halogens is 4. The van der Waals surface area contributed by atoms with Crippen LogP contribution in [-0.2, 0) is 6.18 Å². The topological polar surface area (TPSA) is 27.0 Å². The van der Waals surface area contributed by atoms with Crippen LogP contribution in [0.2, 0.25) is 0 Å². The van der Waals surface area contributed by atoms with Crippen molar-refractivity contribution >= 4 is 17.3 Å². The molecule has 2 nitrogen and oxygen atoms in total. The van der Waals surface area contributed by atoms with Gasteiger partial charge in [0.2, 0.25) is 0 Å². The smallest absolute Gasteiger partial charge is 0.274 e. The van der Waals surface area contributed by atoms with Crippen molar-refractivity contribution < 1.29 is 13.2 Å². The predicted octanol–water partition coefficient (Wildman–Crippen LogP) is 4.53. The van der Waals surface area contributed by atoms with Crippen LogP contribution < -0.4 is 4.90 Å². The number of nitriles is 1. The summed E-state index contributed by atoms with van der Waals surface area (Å²) in [4.78, 5) is 1.12. The zero-order valence-electron chi connectivity index (χ0n) is 10.4.